The molecule has 5 atom stereocenters. The molecule has 1 aliphatic rings. The number of alkyl carbamates (subject to hydrolysis) is 1. The lowest BCUT2D eigenvalue weighted by Gasteiger charge is -2.46. The molecule has 12 nitrogen and oxygen atoms in total. The first-order valence-corrected chi connectivity index (χ1v) is 26.6. The van der Waals surface area contributed by atoms with Crippen LogP contribution in [0, 0.1) is 0 Å². The summed E-state index contributed by atoms with van der Waals surface area (Å²) in [6.45, 7) is 3.92. The maximum absolute atomic E-state index is 13.8. The molecule has 1 fully saturated rings. The first-order valence-electron chi connectivity index (χ1n) is 26.6. The third-order valence-electron chi connectivity index (χ3n) is 12.9. The zero-order chi connectivity index (χ0) is 47.0. The number of nitrogens with zero attached hydrogens (tertiary/aromatic N) is 1. The molecule has 12 heteroatoms. The summed E-state index contributed by atoms with van der Waals surface area (Å²) in [5.41, 5.74) is 0.788. The van der Waals surface area contributed by atoms with Crippen molar-refractivity contribution in [3.8, 4) is 0 Å². The molecular formula is C53H95N3O9. The number of benzene rings is 1. The van der Waals surface area contributed by atoms with Crippen LogP contribution in [0.1, 0.15) is 225 Å². The summed E-state index contributed by atoms with van der Waals surface area (Å²) in [6.07, 6.45) is 32.3. The van der Waals surface area contributed by atoms with Gasteiger partial charge in [-0.25, -0.2) is 9.59 Å². The quantitative estimate of drug-likeness (QED) is 0.0402. The zero-order valence-electron chi connectivity index (χ0n) is 41.2. The van der Waals surface area contributed by atoms with Crippen LogP contribution in [0.5, 0.6) is 0 Å². The Morgan fingerprint density at radius 1 is 0.585 bits per heavy atom. The Balaban J connectivity index is 1.86. The molecule has 2 rings (SSSR count). The molecular weight excluding hydrogens is 823 g/mol. The van der Waals surface area contributed by atoms with Gasteiger partial charge < -0.3 is 40.2 Å². The molecule has 0 unspecified atom stereocenters. The van der Waals surface area contributed by atoms with Crippen LogP contribution in [0.4, 0.5) is 9.59 Å². The minimum Gasteiger partial charge on any atom is -0.449 e. The predicted octanol–water partition coefficient (Wildman–Crippen LogP) is 11.8. The van der Waals surface area contributed by atoms with Gasteiger partial charge in [-0.05, 0) is 18.4 Å². The van der Waals surface area contributed by atoms with E-state index in [0.29, 0.717) is 6.42 Å². The van der Waals surface area contributed by atoms with E-state index in [0.717, 1.165) is 50.5 Å². The average Bonchev–Trinajstić information content (AvgIpc) is 3.31. The number of unbranched alkanes of at least 4 members (excludes halogenated alkanes) is 30. The number of amides is 3. The van der Waals surface area contributed by atoms with Crippen LogP contribution in [0.15, 0.2) is 30.3 Å². The second-order valence-corrected chi connectivity index (χ2v) is 18.7. The topological polar surface area (TPSA) is 167 Å². The van der Waals surface area contributed by atoms with Gasteiger partial charge in [0.25, 0.3) is 0 Å². The molecule has 1 heterocycles. The second kappa shape index (κ2) is 40.2. The Bertz CT molecular complexity index is 1290. The van der Waals surface area contributed by atoms with Gasteiger partial charge in [0.05, 0.1) is 13.2 Å². The molecule has 0 saturated carbocycles. The van der Waals surface area contributed by atoms with Crippen molar-refractivity contribution in [2.45, 2.75) is 257 Å². The van der Waals surface area contributed by atoms with Gasteiger partial charge in [-0.3, -0.25) is 9.69 Å². The average molecular weight is 918 g/mol. The SMILES string of the molecule is CCCCCCCCCCCCCCCCCCOC(=O)N(CCCCCCCCCCCCCCCCCC)[C@@H]1O[C@H](CO)[C@@H](O)[C@H](O)[C@H]1NC(=O)CNC(=O)OCc1ccccc1. The minimum absolute atomic E-state index is 0.0240. The molecule has 5 N–H and O–H groups in total. The number of aliphatic hydroxyl groups is 3. The monoisotopic (exact) mass is 918 g/mol. The van der Waals surface area contributed by atoms with Crippen LogP contribution in [-0.4, -0.2) is 95.2 Å². The smallest absolute Gasteiger partial charge is 0.411 e. The van der Waals surface area contributed by atoms with Crippen molar-refractivity contribution in [2.24, 2.45) is 0 Å². The number of hydrogen-bond donors (Lipinski definition) is 5. The Morgan fingerprint density at radius 2 is 1.02 bits per heavy atom. The molecule has 1 aliphatic heterocycles. The number of carbonyl (C=O) groups excluding carboxylic acids is 3. The van der Waals surface area contributed by atoms with Crippen LogP contribution < -0.4 is 10.6 Å². The molecule has 0 bridgehead atoms. The molecule has 3 amide bonds. The summed E-state index contributed by atoms with van der Waals surface area (Å²) in [5.74, 6) is -0.683. The first-order chi connectivity index (χ1) is 31.8. The van der Waals surface area contributed by atoms with Gasteiger partial charge >= 0.3 is 12.2 Å². The maximum atomic E-state index is 13.8. The van der Waals surface area contributed by atoms with Gasteiger partial charge in [0.2, 0.25) is 5.91 Å². The first kappa shape index (κ1) is 58.2. The number of nitrogens with one attached hydrogen (secondary N) is 2. The number of ether oxygens (including phenoxy) is 3. The lowest BCUT2D eigenvalue weighted by molar-refractivity contribution is -0.226. The van der Waals surface area contributed by atoms with Crippen molar-refractivity contribution in [2.75, 3.05) is 26.3 Å². The summed E-state index contributed by atoms with van der Waals surface area (Å²) in [5, 5.41) is 37.3. The van der Waals surface area contributed by atoms with Gasteiger partial charge in [-0.1, -0.05) is 237 Å². The van der Waals surface area contributed by atoms with Gasteiger partial charge in [-0.15, -0.1) is 0 Å². The molecule has 0 aromatic heterocycles. The minimum atomic E-state index is -1.58. The van der Waals surface area contributed by atoms with E-state index in [1.54, 1.807) is 0 Å². The van der Waals surface area contributed by atoms with E-state index in [-0.39, 0.29) is 19.8 Å². The molecule has 376 valence electrons. The van der Waals surface area contributed by atoms with E-state index in [1.165, 1.54) is 159 Å². The molecule has 0 spiro atoms. The lowest BCUT2D eigenvalue weighted by Crippen LogP contribution is -2.69. The zero-order valence-corrected chi connectivity index (χ0v) is 41.2. The van der Waals surface area contributed by atoms with E-state index in [9.17, 15) is 29.7 Å². The van der Waals surface area contributed by atoms with Crippen molar-refractivity contribution in [3.05, 3.63) is 35.9 Å². The van der Waals surface area contributed by atoms with E-state index in [1.807, 2.05) is 30.3 Å². The molecule has 1 saturated heterocycles. The predicted molar refractivity (Wildman–Crippen MR) is 261 cm³/mol. The number of carbonyl (C=O) groups is 3. The van der Waals surface area contributed by atoms with Gasteiger partial charge in [0.1, 0.15) is 37.5 Å². The summed E-state index contributed by atoms with van der Waals surface area (Å²) < 4.78 is 17.1. The van der Waals surface area contributed by atoms with Crippen molar-refractivity contribution in [1.82, 2.24) is 15.5 Å². The fourth-order valence-corrected chi connectivity index (χ4v) is 8.73. The van der Waals surface area contributed by atoms with Crippen LogP contribution in [0.25, 0.3) is 0 Å². The fourth-order valence-electron chi connectivity index (χ4n) is 8.73. The van der Waals surface area contributed by atoms with Crippen LogP contribution in [-0.2, 0) is 25.6 Å². The van der Waals surface area contributed by atoms with E-state index < -0.39 is 61.8 Å². The standard InChI is InChI=1S/C53H95N3O9/c1-3-5-7-9-11-13-15-17-19-21-23-25-27-29-31-36-40-56(53(62)63-41-37-32-30-28-26-24-22-20-18-16-14-12-10-8-6-4-2)51-48(50(60)49(59)46(43-57)65-51)55-47(58)42-54-52(61)64-44-45-38-34-33-35-39-45/h33-35,38-39,46,48-51,57,59-60H,3-32,36-37,40-44H2,1-2H3,(H,54,61)(H,55,58)/t46-,48-,49-,50-,51-/m1/s1. The molecule has 0 radical (unpaired) electrons. The van der Waals surface area contributed by atoms with Gasteiger partial charge in [0.15, 0.2) is 6.23 Å². The van der Waals surface area contributed by atoms with E-state index >= 15 is 0 Å². The summed E-state index contributed by atoms with van der Waals surface area (Å²) in [7, 11) is 0. The third-order valence-corrected chi connectivity index (χ3v) is 12.9. The Hall–Kier alpha value is -2.93. The Morgan fingerprint density at radius 3 is 1.46 bits per heavy atom. The van der Waals surface area contributed by atoms with Crippen molar-refractivity contribution in [1.29, 1.82) is 0 Å². The van der Waals surface area contributed by atoms with Crippen molar-refractivity contribution < 1.29 is 43.9 Å². The van der Waals surface area contributed by atoms with E-state index in [2.05, 4.69) is 24.5 Å². The summed E-state index contributed by atoms with van der Waals surface area (Å²) in [6, 6.07) is 7.87. The second-order valence-electron chi connectivity index (χ2n) is 18.7. The third kappa shape index (κ3) is 28.8. The Labute approximate surface area is 395 Å². The fraction of sp³-hybridized carbons (Fsp3) is 0.830. The highest BCUT2D eigenvalue weighted by Crippen LogP contribution is 2.26. The number of rotatable bonds is 41. The summed E-state index contributed by atoms with van der Waals surface area (Å²) in [4.78, 5) is 40.8. The normalized spacial score (nSPS) is 18.3. The molecule has 0 aliphatic carbocycles. The highest BCUT2D eigenvalue weighted by atomic mass is 16.6. The highest BCUT2D eigenvalue weighted by Gasteiger charge is 2.48. The van der Waals surface area contributed by atoms with Crippen LogP contribution in [0.2, 0.25) is 0 Å². The van der Waals surface area contributed by atoms with Crippen LogP contribution in [0.3, 0.4) is 0 Å². The van der Waals surface area contributed by atoms with Crippen molar-refractivity contribution in [3.63, 3.8) is 0 Å². The molecule has 1 aromatic rings. The summed E-state index contributed by atoms with van der Waals surface area (Å²) >= 11 is 0. The van der Waals surface area contributed by atoms with Crippen molar-refractivity contribution >= 4 is 18.1 Å². The number of hydrogen-bond acceptors (Lipinski definition) is 9. The lowest BCUT2D eigenvalue weighted by atomic mass is 9.95. The largest absolute Gasteiger partial charge is 0.449 e. The Kier molecular flexibility index (Phi) is 36.0. The molecule has 65 heavy (non-hydrogen) atoms. The molecule has 1 aromatic carbocycles. The van der Waals surface area contributed by atoms with E-state index in [4.69, 9.17) is 14.2 Å². The van der Waals surface area contributed by atoms with Gasteiger partial charge in [-0.2, -0.15) is 0 Å². The number of aliphatic hydroxyl groups excluding tert-OH is 3. The van der Waals surface area contributed by atoms with Crippen LogP contribution >= 0.6 is 0 Å². The highest BCUT2D eigenvalue weighted by molar-refractivity contribution is 5.82. The van der Waals surface area contributed by atoms with Gasteiger partial charge in [0, 0.05) is 6.54 Å². The maximum Gasteiger partial charge on any atom is 0.411 e.